The molecule has 0 atom stereocenters. The monoisotopic (exact) mass is 777 g/mol. The smallest absolute Gasteiger partial charge is 0.870 e. The number of hydrogen-bond donors (Lipinski definition) is 0. The average Bonchev–Trinajstić information content (AvgIpc) is 3.18. The summed E-state index contributed by atoms with van der Waals surface area (Å²) in [6.45, 7) is 0. The first-order chi connectivity index (χ1) is 24.3. The molecule has 0 amide bonds. The van der Waals surface area contributed by atoms with Gasteiger partial charge in [-0.2, -0.15) is 0 Å². The molecule has 268 valence electrons. The van der Waals surface area contributed by atoms with Crippen molar-refractivity contribution in [2.24, 2.45) is 0 Å². The van der Waals surface area contributed by atoms with Gasteiger partial charge in [0.1, 0.15) is 0 Å². The molecular weight excluding hydrogens is 746 g/mol. The van der Waals surface area contributed by atoms with Gasteiger partial charge < -0.3 is 26.6 Å². The van der Waals surface area contributed by atoms with Crippen molar-refractivity contribution in [1.29, 1.82) is 0 Å². The van der Waals surface area contributed by atoms with Crippen LogP contribution in [-0.4, -0.2) is 54.0 Å². The molecule has 0 saturated carbocycles. The minimum absolute atomic E-state index is 0. The van der Waals surface area contributed by atoms with Crippen molar-refractivity contribution in [3.63, 3.8) is 0 Å². The minimum Gasteiger partial charge on any atom is -0.870 e. The van der Waals surface area contributed by atoms with Gasteiger partial charge in [0, 0.05) is 71.8 Å². The Labute approximate surface area is 322 Å². The van der Waals surface area contributed by atoms with E-state index in [1.807, 2.05) is 48.5 Å². The van der Waals surface area contributed by atoms with Gasteiger partial charge in [-0.1, -0.05) is 60.0 Å². The number of ketones is 4. The summed E-state index contributed by atoms with van der Waals surface area (Å²) in [6.07, 6.45) is 16.0. The largest absolute Gasteiger partial charge is 2.00 e. The predicted octanol–water partition coefficient (Wildman–Crippen LogP) is 2.33. The number of fused-ring (bicyclic) bond motifs is 2. The van der Waals surface area contributed by atoms with Crippen molar-refractivity contribution in [3.05, 3.63) is 193 Å². The molecule has 0 bridgehead atoms. The predicted molar refractivity (Wildman–Crippen MR) is 193 cm³/mol. The number of Topliss-reactive ketones (excluding diaryl/α,β-unsaturated/α-hetero) is 2. The second kappa shape index (κ2) is 22.3. The van der Waals surface area contributed by atoms with E-state index >= 15 is 0 Å². The minimum atomic E-state index is -0.733. The molecule has 0 radical (unpaired) electrons. The van der Waals surface area contributed by atoms with Crippen LogP contribution in [0.5, 0.6) is 0 Å². The third-order valence-electron chi connectivity index (χ3n) is 7.23. The average molecular weight is 779 g/mol. The molecule has 14 heteroatoms. The van der Waals surface area contributed by atoms with E-state index in [4.69, 9.17) is 0 Å². The number of nitrogens with zero attached hydrogens (tertiary/aromatic N) is 4. The molecule has 0 saturated heterocycles. The number of carbonyl (C=O) groups is 4. The fourth-order valence-corrected chi connectivity index (χ4v) is 4.76. The molecule has 0 aliphatic heterocycles. The third kappa shape index (κ3) is 11.7. The van der Waals surface area contributed by atoms with Gasteiger partial charge in [-0.3, -0.25) is 39.1 Å². The van der Waals surface area contributed by atoms with Crippen LogP contribution in [0.4, 0.5) is 0 Å². The number of pyridine rings is 4. The molecule has 4 heterocycles. The van der Waals surface area contributed by atoms with E-state index in [9.17, 15) is 29.4 Å². The number of benzene rings is 2. The number of carbonyl (C=O) groups excluding carboxylic acids is 4. The Morgan fingerprint density at radius 1 is 0.370 bits per heavy atom. The Morgan fingerprint density at radius 2 is 0.593 bits per heavy atom. The summed E-state index contributed by atoms with van der Waals surface area (Å²) in [5.74, 6) is -3.45. The van der Waals surface area contributed by atoms with E-state index in [-0.39, 0.29) is 58.6 Å². The first kappa shape index (κ1) is 45.3. The fraction of sp³-hybridized carbons (Fsp3) is 0. The SMILES string of the molecule is O.O.O=C1C=C([O-])C(=O)c2ccccc21.O=C1C=C([O-])C(=O)c2ccccc21.[OH3+].[Zn+2].c1cc(-c2ccncc2)ccn1.c1cc(-c2ccncc2)ccn1. The van der Waals surface area contributed by atoms with Crippen LogP contribution in [0.1, 0.15) is 41.4 Å². The van der Waals surface area contributed by atoms with Crippen molar-refractivity contribution in [2.75, 3.05) is 0 Å². The van der Waals surface area contributed by atoms with Gasteiger partial charge in [-0.25, -0.2) is 0 Å². The van der Waals surface area contributed by atoms with Crippen molar-refractivity contribution in [2.45, 2.75) is 0 Å². The van der Waals surface area contributed by atoms with E-state index in [2.05, 4.69) is 19.9 Å². The van der Waals surface area contributed by atoms with E-state index in [1.165, 1.54) is 34.4 Å². The number of hydrogen-bond acceptors (Lipinski definition) is 10. The molecule has 0 spiro atoms. The second-order valence-electron chi connectivity index (χ2n) is 10.4. The van der Waals surface area contributed by atoms with Gasteiger partial charge in [0.15, 0.2) is 23.1 Å². The van der Waals surface area contributed by atoms with E-state index in [1.54, 1.807) is 86.0 Å². The van der Waals surface area contributed by atoms with Crippen LogP contribution in [0.25, 0.3) is 22.3 Å². The zero-order chi connectivity index (χ0) is 35.3. The van der Waals surface area contributed by atoms with Gasteiger partial charge in [0.05, 0.1) is 0 Å². The molecule has 0 fully saturated rings. The Kier molecular flexibility index (Phi) is 18.7. The Morgan fingerprint density at radius 3 is 0.833 bits per heavy atom. The van der Waals surface area contributed by atoms with Crippen LogP contribution >= 0.6 is 0 Å². The van der Waals surface area contributed by atoms with Crippen LogP contribution in [0.2, 0.25) is 0 Å². The van der Waals surface area contributed by atoms with Crippen LogP contribution in [0.15, 0.2) is 170 Å². The number of allylic oxidation sites excluding steroid dienone is 4. The van der Waals surface area contributed by atoms with Crippen LogP contribution in [-0.2, 0) is 25.0 Å². The number of rotatable bonds is 2. The molecule has 2 aliphatic rings. The van der Waals surface area contributed by atoms with E-state index < -0.39 is 23.1 Å². The first-order valence-corrected chi connectivity index (χ1v) is 15.1. The summed E-state index contributed by atoms with van der Waals surface area (Å²) in [5.41, 5.74) is 5.74. The van der Waals surface area contributed by atoms with Gasteiger partial charge in [-0.15, -0.1) is 0 Å². The molecule has 4 aromatic heterocycles. The quantitative estimate of drug-likeness (QED) is 0.183. The van der Waals surface area contributed by atoms with Crippen LogP contribution in [0.3, 0.4) is 0 Å². The van der Waals surface area contributed by atoms with E-state index in [0.29, 0.717) is 11.1 Å². The van der Waals surface area contributed by atoms with Crippen molar-refractivity contribution in [3.8, 4) is 22.3 Å². The maximum atomic E-state index is 11.2. The molecule has 2 aromatic carbocycles. The van der Waals surface area contributed by atoms with Crippen molar-refractivity contribution in [1.82, 2.24) is 19.9 Å². The van der Waals surface area contributed by atoms with E-state index in [0.717, 1.165) is 12.2 Å². The third-order valence-corrected chi connectivity index (χ3v) is 7.23. The second-order valence-corrected chi connectivity index (χ2v) is 10.4. The standard InChI is InChI=1S/2C10H8N2.2C10H6O3.3H2O.Zn/c2*1-5-11-6-2-9(1)10-3-7-12-8-4-10;2*11-8-5-9(12)10(13)7-4-2-1-3-6(7)8;;;;/h2*1-8H;2*1-5,12H;3*1H2;/q;;;;;;;+2/p-1. The topological polar surface area (TPSA) is 262 Å². The van der Waals surface area contributed by atoms with Gasteiger partial charge in [0.25, 0.3) is 0 Å². The summed E-state index contributed by atoms with van der Waals surface area (Å²) in [7, 11) is 0. The zero-order valence-electron chi connectivity index (χ0n) is 28.5. The summed E-state index contributed by atoms with van der Waals surface area (Å²) in [5, 5.41) is 21.9. The summed E-state index contributed by atoms with van der Waals surface area (Å²) >= 11 is 0. The Bertz CT molecular complexity index is 1970. The van der Waals surface area contributed by atoms with Gasteiger partial charge in [-0.05, 0) is 82.9 Å². The van der Waals surface area contributed by atoms with Crippen molar-refractivity contribution < 1.29 is 65.3 Å². The Balaban J connectivity index is 0.000000352. The van der Waals surface area contributed by atoms with Crippen molar-refractivity contribution >= 4 is 23.1 Å². The Hall–Kier alpha value is -6.70. The molecule has 0 unspecified atom stereocenters. The van der Waals surface area contributed by atoms with Crippen LogP contribution < -0.4 is 10.2 Å². The molecule has 13 nitrogen and oxygen atoms in total. The molecule has 6 aromatic rings. The zero-order valence-corrected chi connectivity index (χ0v) is 31.5. The molecule has 7 N–H and O–H groups in total. The maximum absolute atomic E-state index is 11.2. The van der Waals surface area contributed by atoms with Gasteiger partial charge in [0.2, 0.25) is 0 Å². The normalized spacial score (nSPS) is 11.6. The molecular formula is C40H33N4O9Zn+. The van der Waals surface area contributed by atoms with Gasteiger partial charge >= 0.3 is 19.5 Å². The molecule has 54 heavy (non-hydrogen) atoms. The fourth-order valence-electron chi connectivity index (χ4n) is 4.76. The maximum Gasteiger partial charge on any atom is 2.00 e. The number of aromatic nitrogens is 4. The van der Waals surface area contributed by atoms with Crippen LogP contribution in [0, 0.1) is 0 Å². The summed E-state index contributed by atoms with van der Waals surface area (Å²) in [4.78, 5) is 60.7. The molecule has 8 rings (SSSR count). The molecule has 2 aliphatic carbocycles. The summed E-state index contributed by atoms with van der Waals surface area (Å²) in [6, 6.07) is 28.5. The summed E-state index contributed by atoms with van der Waals surface area (Å²) < 4.78 is 0. The first-order valence-electron chi connectivity index (χ1n) is 15.1.